The van der Waals surface area contributed by atoms with E-state index in [-0.39, 0.29) is 19.3 Å². The number of carbonyl (C=O) groups excluding carboxylic acids is 1. The van der Waals surface area contributed by atoms with E-state index < -0.39 is 29.7 Å². The molecule has 0 fully saturated rings. The van der Waals surface area contributed by atoms with Crippen molar-refractivity contribution in [3.05, 3.63) is 35.6 Å². The van der Waals surface area contributed by atoms with Crippen LogP contribution >= 0.6 is 0 Å². The number of carboxylic acids is 2. The number of rotatable bonds is 7. The molecule has 1 atom stereocenters. The molecule has 7 heteroatoms. The number of amides is 1. The number of hydrogen-bond donors (Lipinski definition) is 3. The van der Waals surface area contributed by atoms with Crippen LogP contribution in [0.1, 0.15) is 18.4 Å². The van der Waals surface area contributed by atoms with Crippen LogP contribution in [0.15, 0.2) is 24.3 Å². The second-order valence-corrected chi connectivity index (χ2v) is 4.19. The van der Waals surface area contributed by atoms with Crippen LogP contribution in [0.25, 0.3) is 0 Å². The molecule has 0 heterocycles. The average molecular weight is 283 g/mol. The van der Waals surface area contributed by atoms with E-state index in [9.17, 15) is 18.8 Å². The van der Waals surface area contributed by atoms with Gasteiger partial charge in [-0.25, -0.2) is 9.18 Å². The Balaban J connectivity index is 2.55. The predicted molar refractivity (Wildman–Crippen MR) is 66.5 cm³/mol. The van der Waals surface area contributed by atoms with Crippen LogP contribution in [-0.2, 0) is 20.8 Å². The summed E-state index contributed by atoms with van der Waals surface area (Å²) in [6.45, 7) is 0. The molecular weight excluding hydrogens is 269 g/mol. The van der Waals surface area contributed by atoms with Gasteiger partial charge in [0.1, 0.15) is 11.9 Å². The van der Waals surface area contributed by atoms with E-state index in [2.05, 4.69) is 5.32 Å². The highest BCUT2D eigenvalue weighted by Gasteiger charge is 2.20. The van der Waals surface area contributed by atoms with Gasteiger partial charge in [-0.2, -0.15) is 0 Å². The van der Waals surface area contributed by atoms with Gasteiger partial charge < -0.3 is 15.5 Å². The molecule has 0 unspecified atom stereocenters. The summed E-state index contributed by atoms with van der Waals surface area (Å²) in [5, 5.41) is 19.6. The molecule has 0 aliphatic rings. The van der Waals surface area contributed by atoms with Crippen LogP contribution in [0.3, 0.4) is 0 Å². The largest absolute Gasteiger partial charge is 0.481 e. The molecule has 0 radical (unpaired) electrons. The quantitative estimate of drug-likeness (QED) is 0.686. The summed E-state index contributed by atoms with van der Waals surface area (Å²) in [6.07, 6.45) is -0.648. The number of benzene rings is 1. The Bertz CT molecular complexity index is 500. The molecule has 0 aromatic heterocycles. The molecule has 6 nitrogen and oxygen atoms in total. The third kappa shape index (κ3) is 5.47. The van der Waals surface area contributed by atoms with Crippen molar-refractivity contribution in [2.24, 2.45) is 0 Å². The molecule has 1 rings (SSSR count). The first-order valence-corrected chi connectivity index (χ1v) is 5.87. The second kappa shape index (κ2) is 7.22. The van der Waals surface area contributed by atoms with E-state index in [4.69, 9.17) is 10.2 Å². The Morgan fingerprint density at radius 3 is 2.25 bits per heavy atom. The second-order valence-electron chi connectivity index (χ2n) is 4.19. The van der Waals surface area contributed by atoms with Gasteiger partial charge in [-0.15, -0.1) is 0 Å². The standard InChI is InChI=1S/C13H14FNO5/c14-9-3-1-8(2-4-9)7-11(16)15-10(13(19)20)5-6-12(17)18/h1-4,10H,5-7H2,(H,15,16)(H,17,18)(H,19,20)/t10-/m0/s1. The highest BCUT2D eigenvalue weighted by molar-refractivity contribution is 5.85. The van der Waals surface area contributed by atoms with Crippen molar-refractivity contribution in [2.45, 2.75) is 25.3 Å². The summed E-state index contributed by atoms with van der Waals surface area (Å²) < 4.78 is 12.7. The van der Waals surface area contributed by atoms with Gasteiger partial charge >= 0.3 is 11.9 Å². The van der Waals surface area contributed by atoms with Gasteiger partial charge in [0.25, 0.3) is 0 Å². The van der Waals surface area contributed by atoms with Crippen molar-refractivity contribution in [2.75, 3.05) is 0 Å². The lowest BCUT2D eigenvalue weighted by Gasteiger charge is -2.13. The molecule has 0 aliphatic heterocycles. The van der Waals surface area contributed by atoms with E-state index in [1.165, 1.54) is 24.3 Å². The van der Waals surface area contributed by atoms with Crippen LogP contribution in [0.4, 0.5) is 4.39 Å². The zero-order valence-corrected chi connectivity index (χ0v) is 10.5. The molecule has 1 amide bonds. The van der Waals surface area contributed by atoms with Crippen LogP contribution in [0.5, 0.6) is 0 Å². The number of hydrogen-bond acceptors (Lipinski definition) is 3. The maximum absolute atomic E-state index is 12.7. The summed E-state index contributed by atoms with van der Waals surface area (Å²) in [4.78, 5) is 32.9. The Morgan fingerprint density at radius 2 is 1.75 bits per heavy atom. The maximum atomic E-state index is 12.7. The highest BCUT2D eigenvalue weighted by atomic mass is 19.1. The highest BCUT2D eigenvalue weighted by Crippen LogP contribution is 2.04. The van der Waals surface area contributed by atoms with Crippen molar-refractivity contribution in [1.82, 2.24) is 5.32 Å². The first-order chi connectivity index (χ1) is 9.38. The predicted octanol–water partition coefficient (Wildman–Crippen LogP) is 0.802. The lowest BCUT2D eigenvalue weighted by molar-refractivity contribution is -0.143. The Morgan fingerprint density at radius 1 is 1.15 bits per heavy atom. The monoisotopic (exact) mass is 283 g/mol. The van der Waals surface area contributed by atoms with Crippen molar-refractivity contribution in [3.63, 3.8) is 0 Å². The first kappa shape index (κ1) is 15.6. The van der Waals surface area contributed by atoms with Crippen LogP contribution in [0.2, 0.25) is 0 Å². The molecular formula is C13H14FNO5. The number of nitrogens with one attached hydrogen (secondary N) is 1. The molecule has 108 valence electrons. The summed E-state index contributed by atoms with van der Waals surface area (Å²) in [6, 6.07) is 3.98. The van der Waals surface area contributed by atoms with E-state index in [1.54, 1.807) is 0 Å². The van der Waals surface area contributed by atoms with Gasteiger partial charge in [0.05, 0.1) is 6.42 Å². The Kier molecular flexibility index (Phi) is 5.64. The molecule has 1 aromatic carbocycles. The molecule has 0 bridgehead atoms. The number of carbonyl (C=O) groups is 3. The van der Waals surface area contributed by atoms with Gasteiger partial charge in [-0.3, -0.25) is 9.59 Å². The van der Waals surface area contributed by atoms with E-state index in [0.717, 1.165) is 0 Å². The summed E-state index contributed by atoms with van der Waals surface area (Å²) >= 11 is 0. The summed E-state index contributed by atoms with van der Waals surface area (Å²) in [5.74, 6) is -3.42. The zero-order chi connectivity index (χ0) is 15.1. The topological polar surface area (TPSA) is 104 Å². The summed E-state index contributed by atoms with van der Waals surface area (Å²) in [5.41, 5.74) is 0.534. The molecule has 0 spiro atoms. The average Bonchev–Trinajstić information content (AvgIpc) is 2.36. The van der Waals surface area contributed by atoms with E-state index in [1.807, 2.05) is 0 Å². The molecule has 0 saturated heterocycles. The molecule has 0 aliphatic carbocycles. The minimum atomic E-state index is -1.29. The third-order valence-corrected chi connectivity index (χ3v) is 2.56. The van der Waals surface area contributed by atoms with Gasteiger partial charge in [0, 0.05) is 6.42 Å². The van der Waals surface area contributed by atoms with Gasteiger partial charge in [-0.1, -0.05) is 12.1 Å². The van der Waals surface area contributed by atoms with Crippen molar-refractivity contribution >= 4 is 17.8 Å². The fourth-order valence-electron chi connectivity index (χ4n) is 1.56. The minimum absolute atomic E-state index is 0.100. The van der Waals surface area contributed by atoms with Crippen LogP contribution in [-0.4, -0.2) is 34.1 Å². The van der Waals surface area contributed by atoms with Crippen molar-refractivity contribution < 1.29 is 29.0 Å². The Labute approximate surface area is 114 Å². The Hall–Kier alpha value is -2.44. The SMILES string of the molecule is O=C(O)CC[C@H](NC(=O)Cc1ccc(F)cc1)C(=O)O. The van der Waals surface area contributed by atoms with E-state index >= 15 is 0 Å². The van der Waals surface area contributed by atoms with Gasteiger partial charge in [0.2, 0.25) is 5.91 Å². The maximum Gasteiger partial charge on any atom is 0.326 e. The van der Waals surface area contributed by atoms with E-state index in [0.29, 0.717) is 5.56 Å². The van der Waals surface area contributed by atoms with Crippen LogP contribution < -0.4 is 5.32 Å². The lowest BCUT2D eigenvalue weighted by Crippen LogP contribution is -2.41. The van der Waals surface area contributed by atoms with Gasteiger partial charge in [0.15, 0.2) is 0 Å². The van der Waals surface area contributed by atoms with Crippen molar-refractivity contribution in [3.8, 4) is 0 Å². The smallest absolute Gasteiger partial charge is 0.326 e. The molecule has 20 heavy (non-hydrogen) atoms. The zero-order valence-electron chi connectivity index (χ0n) is 10.5. The summed E-state index contributed by atoms with van der Waals surface area (Å²) in [7, 11) is 0. The molecule has 0 saturated carbocycles. The van der Waals surface area contributed by atoms with Crippen LogP contribution in [0, 0.1) is 5.82 Å². The fraction of sp³-hybridized carbons (Fsp3) is 0.308. The first-order valence-electron chi connectivity index (χ1n) is 5.87. The normalized spacial score (nSPS) is 11.7. The molecule has 3 N–H and O–H groups in total. The lowest BCUT2D eigenvalue weighted by atomic mass is 10.1. The van der Waals surface area contributed by atoms with Gasteiger partial charge in [-0.05, 0) is 24.1 Å². The van der Waals surface area contributed by atoms with Crippen molar-refractivity contribution in [1.29, 1.82) is 0 Å². The fourth-order valence-corrected chi connectivity index (χ4v) is 1.56. The molecule has 1 aromatic rings. The number of halogens is 1. The third-order valence-electron chi connectivity index (χ3n) is 2.56. The minimum Gasteiger partial charge on any atom is -0.481 e. The number of carboxylic acid groups (broad SMARTS) is 2. The number of aliphatic carboxylic acids is 2.